The number of nitrogens with zero attached hydrogens (tertiary/aromatic N) is 2. The highest BCUT2D eigenvalue weighted by Crippen LogP contribution is 2.31. The minimum absolute atomic E-state index is 0.0786. The quantitative estimate of drug-likeness (QED) is 0.414. The largest absolute Gasteiger partial charge is 0.456 e. The van der Waals surface area contributed by atoms with Gasteiger partial charge in [-0.05, 0) is 62.5 Å². The molecule has 0 aliphatic heterocycles. The topological polar surface area (TPSA) is 51.0 Å². The highest BCUT2D eigenvalue weighted by atomic mass is 79.9. The maximum atomic E-state index is 5.88. The zero-order chi connectivity index (χ0) is 16.7. The number of aromatic nitrogens is 2. The van der Waals surface area contributed by atoms with Crippen molar-refractivity contribution in [2.75, 3.05) is 5.32 Å². The lowest BCUT2D eigenvalue weighted by atomic mass is 10.0. The van der Waals surface area contributed by atoms with Gasteiger partial charge in [-0.3, -0.25) is 0 Å². The number of anilines is 1. The van der Waals surface area contributed by atoms with E-state index in [0.717, 1.165) is 27.5 Å². The standard InChI is InChI=1S/C18H13Br2N3O/c1-10(22-18-17(20)23-16(19)9-21-18)11-6-7-15-13(8-11)12-4-2-3-5-14(12)24-15/h2-10H,1H3,(H,21,22)/t10-/m1/s1. The van der Waals surface area contributed by atoms with Crippen LogP contribution in [0.4, 0.5) is 5.82 Å². The Balaban J connectivity index is 1.71. The van der Waals surface area contributed by atoms with Crippen LogP contribution in [0.5, 0.6) is 0 Å². The van der Waals surface area contributed by atoms with Crippen molar-refractivity contribution in [3.63, 3.8) is 0 Å². The molecule has 24 heavy (non-hydrogen) atoms. The molecule has 4 nitrogen and oxygen atoms in total. The van der Waals surface area contributed by atoms with Crippen LogP contribution in [-0.2, 0) is 0 Å². The van der Waals surface area contributed by atoms with Crippen LogP contribution >= 0.6 is 31.9 Å². The van der Waals surface area contributed by atoms with Gasteiger partial charge in [0.05, 0.1) is 12.2 Å². The number of benzene rings is 2. The van der Waals surface area contributed by atoms with E-state index in [0.29, 0.717) is 15.0 Å². The van der Waals surface area contributed by atoms with Gasteiger partial charge in [-0.2, -0.15) is 0 Å². The normalized spacial score (nSPS) is 12.6. The molecule has 0 saturated carbocycles. The molecule has 2 aromatic carbocycles. The van der Waals surface area contributed by atoms with Crippen molar-refractivity contribution in [3.05, 3.63) is 63.4 Å². The van der Waals surface area contributed by atoms with Crippen LogP contribution < -0.4 is 5.32 Å². The van der Waals surface area contributed by atoms with Crippen LogP contribution in [0.3, 0.4) is 0 Å². The zero-order valence-corrected chi connectivity index (χ0v) is 15.9. The van der Waals surface area contributed by atoms with Gasteiger partial charge in [-0.1, -0.05) is 24.3 Å². The van der Waals surface area contributed by atoms with Crippen molar-refractivity contribution in [1.82, 2.24) is 9.97 Å². The van der Waals surface area contributed by atoms with E-state index in [9.17, 15) is 0 Å². The lowest BCUT2D eigenvalue weighted by Crippen LogP contribution is -2.09. The fraction of sp³-hybridized carbons (Fsp3) is 0.111. The minimum atomic E-state index is 0.0786. The van der Waals surface area contributed by atoms with Crippen LogP contribution in [0.15, 0.2) is 62.3 Å². The maximum Gasteiger partial charge on any atom is 0.159 e. The number of halogens is 2. The van der Waals surface area contributed by atoms with E-state index < -0.39 is 0 Å². The SMILES string of the molecule is C[C@@H](Nc1ncc(Br)nc1Br)c1ccc2oc3ccccc3c2c1. The summed E-state index contributed by atoms with van der Waals surface area (Å²) < 4.78 is 7.25. The fourth-order valence-corrected chi connectivity index (χ4v) is 3.67. The third kappa shape index (κ3) is 2.80. The molecule has 0 bridgehead atoms. The summed E-state index contributed by atoms with van der Waals surface area (Å²) in [5.41, 5.74) is 2.97. The molecule has 0 fully saturated rings. The van der Waals surface area contributed by atoms with Gasteiger partial charge in [0.15, 0.2) is 5.82 Å². The molecule has 1 atom stereocenters. The third-order valence-electron chi connectivity index (χ3n) is 3.95. The molecular weight excluding hydrogens is 434 g/mol. The highest BCUT2D eigenvalue weighted by molar-refractivity contribution is 9.11. The van der Waals surface area contributed by atoms with E-state index in [2.05, 4.69) is 72.3 Å². The minimum Gasteiger partial charge on any atom is -0.456 e. The van der Waals surface area contributed by atoms with Gasteiger partial charge in [-0.25, -0.2) is 9.97 Å². The molecule has 4 aromatic rings. The lowest BCUT2D eigenvalue weighted by molar-refractivity contribution is 0.668. The molecule has 0 unspecified atom stereocenters. The number of para-hydroxylation sites is 1. The molecule has 1 N–H and O–H groups in total. The summed E-state index contributed by atoms with van der Waals surface area (Å²) >= 11 is 6.74. The summed E-state index contributed by atoms with van der Waals surface area (Å²) in [6.07, 6.45) is 1.67. The predicted molar refractivity (Wildman–Crippen MR) is 103 cm³/mol. The first kappa shape index (κ1) is 15.6. The molecule has 120 valence electrons. The summed E-state index contributed by atoms with van der Waals surface area (Å²) in [5, 5.41) is 5.64. The second-order valence-electron chi connectivity index (χ2n) is 5.55. The average molecular weight is 447 g/mol. The molecular formula is C18H13Br2N3O. The summed E-state index contributed by atoms with van der Waals surface area (Å²) in [7, 11) is 0. The molecule has 0 aliphatic carbocycles. The van der Waals surface area contributed by atoms with Gasteiger partial charge >= 0.3 is 0 Å². The molecule has 0 aliphatic rings. The summed E-state index contributed by atoms with van der Waals surface area (Å²) in [6, 6.07) is 14.4. The monoisotopic (exact) mass is 445 g/mol. The summed E-state index contributed by atoms with van der Waals surface area (Å²) in [4.78, 5) is 8.66. The Labute approximate surface area is 155 Å². The Morgan fingerprint density at radius 1 is 1.04 bits per heavy atom. The Bertz CT molecular complexity index is 1040. The summed E-state index contributed by atoms with van der Waals surface area (Å²) in [5.74, 6) is 0.711. The van der Waals surface area contributed by atoms with Crippen LogP contribution in [0.25, 0.3) is 21.9 Å². The third-order valence-corrected chi connectivity index (χ3v) is 4.89. The van der Waals surface area contributed by atoms with Crippen LogP contribution in [0, 0.1) is 0 Å². The van der Waals surface area contributed by atoms with Crippen LogP contribution in [0.1, 0.15) is 18.5 Å². The second kappa shape index (κ2) is 6.18. The Kier molecular flexibility index (Phi) is 4.02. The number of hydrogen-bond donors (Lipinski definition) is 1. The second-order valence-corrected chi connectivity index (χ2v) is 7.12. The first-order valence-electron chi connectivity index (χ1n) is 7.47. The van der Waals surface area contributed by atoms with Crippen molar-refractivity contribution in [1.29, 1.82) is 0 Å². The van der Waals surface area contributed by atoms with Crippen LogP contribution in [0.2, 0.25) is 0 Å². The Morgan fingerprint density at radius 3 is 2.67 bits per heavy atom. The number of nitrogens with one attached hydrogen (secondary N) is 1. The molecule has 0 spiro atoms. The fourth-order valence-electron chi connectivity index (χ4n) is 2.74. The van der Waals surface area contributed by atoms with E-state index in [1.165, 1.54) is 0 Å². The van der Waals surface area contributed by atoms with Crippen LogP contribution in [-0.4, -0.2) is 9.97 Å². The number of rotatable bonds is 3. The zero-order valence-electron chi connectivity index (χ0n) is 12.8. The number of fused-ring (bicyclic) bond motifs is 3. The predicted octanol–water partition coefficient (Wildman–Crippen LogP) is 6.07. The van der Waals surface area contributed by atoms with E-state index in [1.54, 1.807) is 6.20 Å². The molecule has 6 heteroatoms. The highest BCUT2D eigenvalue weighted by Gasteiger charge is 2.13. The first-order chi connectivity index (χ1) is 11.6. The summed E-state index contributed by atoms with van der Waals surface area (Å²) in [6.45, 7) is 2.10. The van der Waals surface area contributed by atoms with Crippen molar-refractivity contribution in [2.24, 2.45) is 0 Å². The molecule has 0 radical (unpaired) electrons. The van der Waals surface area contributed by atoms with E-state index in [4.69, 9.17) is 4.42 Å². The van der Waals surface area contributed by atoms with Gasteiger partial charge < -0.3 is 9.73 Å². The van der Waals surface area contributed by atoms with Gasteiger partial charge in [0.25, 0.3) is 0 Å². The molecule has 0 saturated heterocycles. The van der Waals surface area contributed by atoms with Gasteiger partial charge in [0.2, 0.25) is 0 Å². The van der Waals surface area contributed by atoms with Crippen molar-refractivity contribution < 1.29 is 4.42 Å². The molecule has 4 rings (SSSR count). The number of furan rings is 1. The van der Waals surface area contributed by atoms with Gasteiger partial charge in [0.1, 0.15) is 20.4 Å². The maximum absolute atomic E-state index is 5.88. The van der Waals surface area contributed by atoms with Crippen molar-refractivity contribution in [3.8, 4) is 0 Å². The lowest BCUT2D eigenvalue weighted by Gasteiger charge is -2.15. The smallest absolute Gasteiger partial charge is 0.159 e. The molecule has 2 aromatic heterocycles. The van der Waals surface area contributed by atoms with E-state index in [-0.39, 0.29) is 6.04 Å². The van der Waals surface area contributed by atoms with E-state index >= 15 is 0 Å². The van der Waals surface area contributed by atoms with E-state index in [1.807, 2.05) is 24.3 Å². The Hall–Kier alpha value is -1.92. The number of hydrogen-bond acceptors (Lipinski definition) is 4. The van der Waals surface area contributed by atoms with Gasteiger partial charge in [-0.15, -0.1) is 0 Å². The Morgan fingerprint density at radius 2 is 1.83 bits per heavy atom. The van der Waals surface area contributed by atoms with Gasteiger partial charge in [0, 0.05) is 10.8 Å². The molecule has 0 amide bonds. The molecule has 2 heterocycles. The van der Waals surface area contributed by atoms with Crippen molar-refractivity contribution >= 4 is 59.6 Å². The average Bonchev–Trinajstić information content (AvgIpc) is 2.95. The first-order valence-corrected chi connectivity index (χ1v) is 9.06. The van der Waals surface area contributed by atoms with Crippen molar-refractivity contribution in [2.45, 2.75) is 13.0 Å².